The Morgan fingerprint density at radius 3 is 2.62 bits per heavy atom. The molecular formula is C29H35F4N7. The van der Waals surface area contributed by atoms with E-state index in [1.54, 1.807) is 25.1 Å². The van der Waals surface area contributed by atoms with Crippen LogP contribution in [0.1, 0.15) is 45.6 Å². The van der Waals surface area contributed by atoms with Gasteiger partial charge in [-0.15, -0.1) is 5.10 Å². The van der Waals surface area contributed by atoms with E-state index >= 15 is 8.78 Å². The second kappa shape index (κ2) is 10.4. The van der Waals surface area contributed by atoms with E-state index in [0.29, 0.717) is 53.0 Å². The predicted octanol–water partition coefficient (Wildman–Crippen LogP) is 6.41. The number of fused-ring (bicyclic) bond motifs is 2. The second-order valence-electron chi connectivity index (χ2n) is 11.9. The number of aromatic nitrogens is 5. The van der Waals surface area contributed by atoms with Crippen molar-refractivity contribution in [2.75, 3.05) is 18.4 Å². The molecule has 0 bridgehead atoms. The van der Waals surface area contributed by atoms with Gasteiger partial charge < -0.3 is 14.8 Å². The first kappa shape index (κ1) is 27.9. The number of hydrogen-bond donors (Lipinski definition) is 1. The molecule has 0 aliphatic carbocycles. The quantitative estimate of drug-likeness (QED) is 0.266. The van der Waals surface area contributed by atoms with Crippen molar-refractivity contribution < 1.29 is 17.6 Å². The van der Waals surface area contributed by atoms with E-state index in [-0.39, 0.29) is 23.5 Å². The number of nitrogens with zero attached hydrogens (tertiary/aromatic N) is 6. The summed E-state index contributed by atoms with van der Waals surface area (Å²) in [5.41, 5.74) is 3.58. The number of alkyl halides is 3. The number of hydrogen-bond acceptors (Lipinski definition) is 5. The Labute approximate surface area is 230 Å². The van der Waals surface area contributed by atoms with E-state index < -0.39 is 31.0 Å². The lowest BCUT2D eigenvalue weighted by Gasteiger charge is -2.36. The first-order valence-electron chi connectivity index (χ1n) is 13.4. The van der Waals surface area contributed by atoms with Gasteiger partial charge in [-0.1, -0.05) is 33.4 Å². The van der Waals surface area contributed by atoms with Gasteiger partial charge in [0, 0.05) is 17.8 Å². The molecule has 11 heteroatoms. The molecule has 4 heterocycles. The summed E-state index contributed by atoms with van der Waals surface area (Å²) in [5.74, 6) is 0.170. The lowest BCUT2D eigenvalue weighted by atomic mass is 9.89. The molecule has 2 atom stereocenters. The summed E-state index contributed by atoms with van der Waals surface area (Å²) in [6, 6.07) is 4.64. The minimum atomic E-state index is -2.55. The molecule has 1 saturated heterocycles. The van der Waals surface area contributed by atoms with Crippen molar-refractivity contribution in [1.82, 2.24) is 29.0 Å². The minimum Gasteiger partial charge on any atom is -0.372 e. The Bertz CT molecular complexity index is 1570. The largest absolute Gasteiger partial charge is 0.372 e. The van der Waals surface area contributed by atoms with Crippen LogP contribution in [0.2, 0.25) is 0 Å². The average Bonchev–Trinajstić information content (AvgIpc) is 3.34. The van der Waals surface area contributed by atoms with E-state index in [0.717, 1.165) is 5.70 Å². The number of allylic oxidation sites excluding steroid dienone is 1. The predicted molar refractivity (Wildman–Crippen MR) is 149 cm³/mol. The highest BCUT2D eigenvalue weighted by molar-refractivity contribution is 5.89. The fourth-order valence-electron chi connectivity index (χ4n) is 5.43. The van der Waals surface area contributed by atoms with Gasteiger partial charge in [-0.3, -0.25) is 0 Å². The van der Waals surface area contributed by atoms with Crippen LogP contribution in [-0.4, -0.2) is 60.8 Å². The zero-order chi connectivity index (χ0) is 28.9. The van der Waals surface area contributed by atoms with Gasteiger partial charge in [0.05, 0.1) is 47.6 Å². The number of imidazole rings is 1. The number of anilines is 1. The first-order chi connectivity index (χ1) is 18.8. The number of rotatable bonds is 7. The molecule has 7 nitrogen and oxygen atoms in total. The second-order valence-corrected chi connectivity index (χ2v) is 11.9. The lowest BCUT2D eigenvalue weighted by molar-refractivity contribution is 0.127. The van der Waals surface area contributed by atoms with Crippen molar-refractivity contribution in [3.05, 3.63) is 54.0 Å². The Hall–Kier alpha value is -3.63. The zero-order valence-electron chi connectivity index (χ0n) is 23.5. The van der Waals surface area contributed by atoms with Crippen LogP contribution in [0, 0.1) is 18.2 Å². The Kier molecular flexibility index (Phi) is 7.26. The molecule has 1 fully saturated rings. The first-order valence-corrected chi connectivity index (χ1v) is 13.4. The van der Waals surface area contributed by atoms with Crippen LogP contribution >= 0.6 is 0 Å². The maximum atomic E-state index is 15.7. The molecule has 1 aromatic carbocycles. The third-order valence-corrected chi connectivity index (χ3v) is 7.30. The SMILES string of the molecule is C=C(C)N1CCC(Nc2nc(CC(C)(C)C)c3c(-c4ccc5nc(C)n(CC(F)F)c5c4)c(F)cn3n2)C(F)C1. The number of nitrogens with one attached hydrogen (secondary N) is 1. The van der Waals surface area contributed by atoms with Crippen LogP contribution in [0.5, 0.6) is 0 Å². The maximum Gasteiger partial charge on any atom is 0.256 e. The van der Waals surface area contributed by atoms with Gasteiger partial charge in [0.2, 0.25) is 5.95 Å². The van der Waals surface area contributed by atoms with Gasteiger partial charge in [0.1, 0.15) is 12.0 Å². The van der Waals surface area contributed by atoms with E-state index in [4.69, 9.17) is 4.98 Å². The normalized spacial score (nSPS) is 18.3. The molecule has 2 unspecified atom stereocenters. The molecule has 1 aliphatic rings. The van der Waals surface area contributed by atoms with Crippen LogP contribution < -0.4 is 5.32 Å². The third kappa shape index (κ3) is 5.51. The topological polar surface area (TPSA) is 63.3 Å². The van der Waals surface area contributed by atoms with E-state index in [2.05, 4.69) is 42.7 Å². The standard InChI is InChI=1S/C29H35F4N7/c1-16(2)38-10-9-21(19(30)13-38)35-28-36-23(12-29(4,5)6)27-26(20(31)14-40(27)37-28)18-7-8-22-24(11-18)39(15-25(32)33)17(3)34-22/h7-8,11,14,19,21,25H,1,9-10,12-13,15H2,2-6H3,(H,35,37). The molecule has 0 radical (unpaired) electrons. The van der Waals surface area contributed by atoms with Gasteiger partial charge in [0.15, 0.2) is 5.82 Å². The van der Waals surface area contributed by atoms with Crippen LogP contribution in [0.3, 0.4) is 0 Å². The summed E-state index contributed by atoms with van der Waals surface area (Å²) in [4.78, 5) is 11.1. The van der Waals surface area contributed by atoms with Crippen LogP contribution in [0.25, 0.3) is 27.7 Å². The van der Waals surface area contributed by atoms with Gasteiger partial charge in [-0.25, -0.2) is 32.0 Å². The average molecular weight is 558 g/mol. The number of benzene rings is 1. The molecule has 40 heavy (non-hydrogen) atoms. The van der Waals surface area contributed by atoms with E-state index in [1.807, 2.05) is 11.8 Å². The summed E-state index contributed by atoms with van der Waals surface area (Å²) in [5, 5.41) is 7.67. The molecule has 0 amide bonds. The summed E-state index contributed by atoms with van der Waals surface area (Å²) < 4.78 is 60.2. The van der Waals surface area contributed by atoms with Crippen molar-refractivity contribution >= 4 is 22.5 Å². The van der Waals surface area contributed by atoms with Gasteiger partial charge in [-0.2, -0.15) is 0 Å². The summed E-state index contributed by atoms with van der Waals surface area (Å²) >= 11 is 0. The summed E-state index contributed by atoms with van der Waals surface area (Å²) in [7, 11) is 0. The highest BCUT2D eigenvalue weighted by Gasteiger charge is 2.31. The molecule has 0 spiro atoms. The van der Waals surface area contributed by atoms with Gasteiger partial charge >= 0.3 is 0 Å². The van der Waals surface area contributed by atoms with Crippen LogP contribution in [-0.2, 0) is 13.0 Å². The number of piperidine rings is 1. The van der Waals surface area contributed by atoms with Crippen molar-refractivity contribution in [1.29, 1.82) is 0 Å². The fraction of sp³-hybridized carbons (Fsp3) is 0.483. The molecule has 1 aliphatic heterocycles. The number of aryl methyl sites for hydroxylation is 1. The highest BCUT2D eigenvalue weighted by atomic mass is 19.3. The van der Waals surface area contributed by atoms with Crippen molar-refractivity contribution in [2.24, 2.45) is 5.41 Å². The van der Waals surface area contributed by atoms with Gasteiger partial charge in [0.25, 0.3) is 6.43 Å². The number of halogens is 4. The molecule has 214 valence electrons. The molecule has 4 aromatic rings. The molecule has 5 rings (SSSR count). The van der Waals surface area contributed by atoms with Crippen molar-refractivity contribution in [3.8, 4) is 11.1 Å². The van der Waals surface area contributed by atoms with Crippen molar-refractivity contribution in [2.45, 2.75) is 72.6 Å². The fourth-order valence-corrected chi connectivity index (χ4v) is 5.43. The number of likely N-dealkylation sites (tertiary alicyclic amines) is 1. The smallest absolute Gasteiger partial charge is 0.256 e. The monoisotopic (exact) mass is 557 g/mol. The molecule has 1 N–H and O–H groups in total. The third-order valence-electron chi connectivity index (χ3n) is 7.30. The Balaban J connectivity index is 1.59. The van der Waals surface area contributed by atoms with Crippen LogP contribution in [0.4, 0.5) is 23.5 Å². The van der Waals surface area contributed by atoms with E-state index in [1.165, 1.54) is 15.3 Å². The van der Waals surface area contributed by atoms with Crippen LogP contribution in [0.15, 0.2) is 36.7 Å². The Morgan fingerprint density at radius 1 is 1.23 bits per heavy atom. The van der Waals surface area contributed by atoms with Gasteiger partial charge in [-0.05, 0) is 49.8 Å². The molecule has 0 saturated carbocycles. The summed E-state index contributed by atoms with van der Waals surface area (Å²) in [6.07, 6.45) is -1.38. The molecular weight excluding hydrogens is 522 g/mol. The minimum absolute atomic E-state index is 0.198. The van der Waals surface area contributed by atoms with Crippen molar-refractivity contribution in [3.63, 3.8) is 0 Å². The highest BCUT2D eigenvalue weighted by Crippen LogP contribution is 2.35. The Morgan fingerprint density at radius 2 is 1.98 bits per heavy atom. The summed E-state index contributed by atoms with van der Waals surface area (Å²) in [6.45, 7) is 14.0. The maximum absolute atomic E-state index is 15.7. The zero-order valence-corrected chi connectivity index (χ0v) is 23.5. The van der Waals surface area contributed by atoms with E-state index in [9.17, 15) is 8.78 Å². The molecule has 3 aromatic heterocycles. The lowest BCUT2D eigenvalue weighted by Crippen LogP contribution is -2.47.